The Hall–Kier alpha value is -0.980. The molecule has 1 amide bonds. The average molecular weight is 281 g/mol. The van der Waals surface area contributed by atoms with Crippen molar-refractivity contribution in [2.24, 2.45) is 0 Å². The molecule has 3 N–H and O–H groups in total. The molecule has 1 aromatic rings. The largest absolute Gasteiger partial charge is 0.392 e. The number of amides is 1. The number of nitrogens with zero attached hydrogens (tertiary/aromatic N) is 1. The molecule has 1 fully saturated rings. The fraction of sp³-hybridized carbons (Fsp3) is 0.692. The predicted octanol–water partition coefficient (Wildman–Crippen LogP) is 1.07. The van der Waals surface area contributed by atoms with E-state index in [1.54, 1.807) is 11.3 Å². The maximum Gasteiger partial charge on any atom is 0.243 e. The zero-order valence-electron chi connectivity index (χ0n) is 10.8. The van der Waals surface area contributed by atoms with Crippen molar-refractivity contribution < 1.29 is 9.90 Å². The first-order valence-corrected chi connectivity index (χ1v) is 7.75. The Kier molecular flexibility index (Phi) is 3.81. The van der Waals surface area contributed by atoms with Crippen molar-refractivity contribution >= 4 is 22.4 Å². The number of anilines is 1. The molecule has 3 rings (SSSR count). The highest BCUT2D eigenvalue weighted by molar-refractivity contribution is 7.15. The van der Waals surface area contributed by atoms with Crippen molar-refractivity contribution in [2.45, 2.75) is 50.7 Å². The molecule has 0 bridgehead atoms. The quantitative estimate of drug-likeness (QED) is 0.709. The molecular formula is C13H19N3O2S. The lowest BCUT2D eigenvalue weighted by atomic mass is 10.2. The first-order valence-electron chi connectivity index (χ1n) is 6.93. The number of nitrogens with one attached hydrogen (secondary N) is 2. The number of carbonyl (C=O) groups is 1. The summed E-state index contributed by atoms with van der Waals surface area (Å²) in [5, 5.41) is 16.0. The summed E-state index contributed by atoms with van der Waals surface area (Å²) in [5.41, 5.74) is 1.16. The van der Waals surface area contributed by atoms with E-state index in [-0.39, 0.29) is 11.9 Å². The fourth-order valence-electron chi connectivity index (χ4n) is 2.69. The van der Waals surface area contributed by atoms with Crippen molar-refractivity contribution in [2.75, 3.05) is 11.9 Å². The number of aliphatic hydroxyl groups is 1. The molecule has 0 aromatic carbocycles. The molecule has 2 atom stereocenters. The molecule has 0 spiro atoms. The van der Waals surface area contributed by atoms with Gasteiger partial charge in [0.1, 0.15) is 0 Å². The van der Waals surface area contributed by atoms with Gasteiger partial charge < -0.3 is 15.7 Å². The molecule has 2 heterocycles. The van der Waals surface area contributed by atoms with Crippen LogP contribution in [-0.4, -0.2) is 34.7 Å². The summed E-state index contributed by atoms with van der Waals surface area (Å²) in [5.74, 6) is -0.0829. The highest BCUT2D eigenvalue weighted by Gasteiger charge is 2.28. The van der Waals surface area contributed by atoms with Gasteiger partial charge in [0.25, 0.3) is 0 Å². The molecule has 2 aliphatic rings. The molecule has 0 saturated carbocycles. The van der Waals surface area contributed by atoms with Crippen LogP contribution >= 0.6 is 11.3 Å². The van der Waals surface area contributed by atoms with Crippen molar-refractivity contribution in [1.82, 2.24) is 10.3 Å². The third-order valence-electron chi connectivity index (χ3n) is 3.75. The van der Waals surface area contributed by atoms with Crippen LogP contribution in [0.2, 0.25) is 0 Å². The molecule has 1 aliphatic heterocycles. The number of carbonyl (C=O) groups excluding carboxylic acids is 1. The number of aromatic nitrogens is 1. The Morgan fingerprint density at radius 2 is 2.21 bits per heavy atom. The summed E-state index contributed by atoms with van der Waals surface area (Å²) in [4.78, 5) is 17.9. The van der Waals surface area contributed by atoms with Gasteiger partial charge in [-0.2, -0.15) is 0 Å². The third kappa shape index (κ3) is 2.96. The van der Waals surface area contributed by atoms with E-state index in [1.165, 1.54) is 24.1 Å². The number of hydrogen-bond donors (Lipinski definition) is 3. The van der Waals surface area contributed by atoms with Crippen molar-refractivity contribution in [3.63, 3.8) is 0 Å². The second kappa shape index (κ2) is 5.56. The van der Waals surface area contributed by atoms with Gasteiger partial charge in [-0.25, -0.2) is 4.98 Å². The van der Waals surface area contributed by atoms with E-state index in [0.717, 1.165) is 18.5 Å². The molecule has 104 valence electrons. The standard InChI is InChI=1S/C13H19N3O2S/c17-8-6-10(14-7-8)12(18)16-13-15-9-4-2-1-3-5-11(9)19-13/h8,10,14,17H,1-7H2,(H,15,16,18)/t8-,10-/m0/s1. The van der Waals surface area contributed by atoms with Crippen LogP contribution in [0.1, 0.15) is 36.3 Å². The van der Waals surface area contributed by atoms with Crippen LogP contribution in [0.15, 0.2) is 0 Å². The minimum absolute atomic E-state index is 0.0829. The van der Waals surface area contributed by atoms with Gasteiger partial charge in [0.15, 0.2) is 5.13 Å². The van der Waals surface area contributed by atoms with Gasteiger partial charge in [0.05, 0.1) is 17.8 Å². The average Bonchev–Trinajstić information content (AvgIpc) is 2.91. The molecule has 19 heavy (non-hydrogen) atoms. The van der Waals surface area contributed by atoms with Gasteiger partial charge in [-0.15, -0.1) is 11.3 Å². The van der Waals surface area contributed by atoms with Crippen molar-refractivity contribution in [3.05, 3.63) is 10.6 Å². The Bertz CT molecular complexity index is 451. The molecule has 1 saturated heterocycles. The lowest BCUT2D eigenvalue weighted by Crippen LogP contribution is -2.35. The van der Waals surface area contributed by atoms with E-state index in [0.29, 0.717) is 18.1 Å². The van der Waals surface area contributed by atoms with E-state index >= 15 is 0 Å². The van der Waals surface area contributed by atoms with Gasteiger partial charge in [-0.3, -0.25) is 4.79 Å². The van der Waals surface area contributed by atoms with Crippen molar-refractivity contribution in [3.8, 4) is 0 Å². The number of thiazole rings is 1. The molecular weight excluding hydrogens is 262 g/mol. The van der Waals surface area contributed by atoms with Gasteiger partial charge in [0, 0.05) is 11.4 Å². The van der Waals surface area contributed by atoms with Crippen LogP contribution in [0.3, 0.4) is 0 Å². The van der Waals surface area contributed by atoms with Crippen LogP contribution in [0.25, 0.3) is 0 Å². The van der Waals surface area contributed by atoms with Gasteiger partial charge in [-0.05, 0) is 32.1 Å². The summed E-state index contributed by atoms with van der Waals surface area (Å²) in [6.07, 6.45) is 5.87. The number of fused-ring (bicyclic) bond motifs is 1. The summed E-state index contributed by atoms with van der Waals surface area (Å²) in [6.45, 7) is 0.493. The first-order chi connectivity index (χ1) is 9.22. The number of rotatable bonds is 2. The van der Waals surface area contributed by atoms with E-state index in [9.17, 15) is 9.90 Å². The highest BCUT2D eigenvalue weighted by atomic mass is 32.1. The van der Waals surface area contributed by atoms with E-state index < -0.39 is 6.10 Å². The zero-order valence-corrected chi connectivity index (χ0v) is 11.6. The highest BCUT2D eigenvalue weighted by Crippen LogP contribution is 2.29. The number of β-amino-alcohol motifs (C(OH)–C–C–N with tert-alkyl or cyclic N) is 1. The molecule has 1 aliphatic carbocycles. The normalized spacial score (nSPS) is 26.8. The maximum absolute atomic E-state index is 12.0. The fourth-order valence-corrected chi connectivity index (χ4v) is 3.74. The van der Waals surface area contributed by atoms with E-state index in [2.05, 4.69) is 15.6 Å². The molecule has 6 heteroatoms. The first kappa shape index (κ1) is 13.0. The summed E-state index contributed by atoms with van der Waals surface area (Å²) < 4.78 is 0. The maximum atomic E-state index is 12.0. The summed E-state index contributed by atoms with van der Waals surface area (Å²) >= 11 is 1.60. The Labute approximate surface area is 116 Å². The van der Waals surface area contributed by atoms with Crippen molar-refractivity contribution in [1.29, 1.82) is 0 Å². The van der Waals surface area contributed by atoms with Crippen LogP contribution < -0.4 is 10.6 Å². The Balaban J connectivity index is 1.65. The second-order valence-electron chi connectivity index (χ2n) is 5.29. The minimum Gasteiger partial charge on any atom is -0.392 e. The predicted molar refractivity (Wildman–Crippen MR) is 74.4 cm³/mol. The van der Waals surface area contributed by atoms with Crippen LogP contribution in [0.5, 0.6) is 0 Å². The molecule has 5 nitrogen and oxygen atoms in total. The Morgan fingerprint density at radius 1 is 1.37 bits per heavy atom. The number of aliphatic hydroxyl groups excluding tert-OH is 1. The summed E-state index contributed by atoms with van der Waals surface area (Å²) in [7, 11) is 0. The van der Waals surface area contributed by atoms with Gasteiger partial charge >= 0.3 is 0 Å². The molecule has 1 aromatic heterocycles. The van der Waals surface area contributed by atoms with Crippen LogP contribution in [0.4, 0.5) is 5.13 Å². The van der Waals surface area contributed by atoms with Crippen LogP contribution in [-0.2, 0) is 17.6 Å². The smallest absolute Gasteiger partial charge is 0.243 e. The lowest BCUT2D eigenvalue weighted by Gasteiger charge is -2.08. The van der Waals surface area contributed by atoms with Gasteiger partial charge in [-0.1, -0.05) is 6.42 Å². The number of hydrogen-bond acceptors (Lipinski definition) is 5. The van der Waals surface area contributed by atoms with E-state index in [1.807, 2.05) is 0 Å². The number of aryl methyl sites for hydroxylation is 2. The third-order valence-corrected chi connectivity index (χ3v) is 4.82. The summed E-state index contributed by atoms with van der Waals surface area (Å²) in [6, 6.07) is -0.293. The minimum atomic E-state index is -0.413. The SMILES string of the molecule is O=C(Nc1nc2c(s1)CCCCC2)[C@@H]1C[C@H](O)CN1. The second-order valence-corrected chi connectivity index (χ2v) is 6.37. The van der Waals surface area contributed by atoms with Crippen LogP contribution in [0, 0.1) is 0 Å². The molecule has 0 radical (unpaired) electrons. The molecule has 0 unspecified atom stereocenters. The van der Waals surface area contributed by atoms with Gasteiger partial charge in [0.2, 0.25) is 5.91 Å². The zero-order chi connectivity index (χ0) is 13.2. The topological polar surface area (TPSA) is 74.2 Å². The van der Waals surface area contributed by atoms with E-state index in [4.69, 9.17) is 0 Å². The monoisotopic (exact) mass is 281 g/mol. The lowest BCUT2D eigenvalue weighted by molar-refractivity contribution is -0.117. The Morgan fingerprint density at radius 3 is 3.00 bits per heavy atom.